The first-order chi connectivity index (χ1) is 9.41. The fraction of sp³-hybridized carbons (Fsp3) is 0.643. The van der Waals surface area contributed by atoms with E-state index in [0.29, 0.717) is 23.5 Å². The molecule has 0 spiro atoms. The normalized spacial score (nSPS) is 19.4. The number of aryl methyl sites for hydroxylation is 1. The van der Waals surface area contributed by atoms with Crippen molar-refractivity contribution < 1.29 is 14.7 Å². The molecule has 1 aliphatic heterocycles. The SMILES string of the molecule is Cc1nc(C(C)C)sc1C(=O)N1CCCCC1C(=O)O. The highest BCUT2D eigenvalue weighted by Crippen LogP contribution is 2.28. The molecule has 1 aromatic rings. The van der Waals surface area contributed by atoms with Crippen LogP contribution in [-0.4, -0.2) is 39.5 Å². The van der Waals surface area contributed by atoms with Crippen molar-refractivity contribution in [1.82, 2.24) is 9.88 Å². The Morgan fingerprint density at radius 1 is 1.40 bits per heavy atom. The van der Waals surface area contributed by atoms with Gasteiger partial charge in [-0.1, -0.05) is 13.8 Å². The van der Waals surface area contributed by atoms with Crippen molar-refractivity contribution in [2.24, 2.45) is 0 Å². The molecule has 1 fully saturated rings. The molecule has 2 heterocycles. The van der Waals surface area contributed by atoms with Gasteiger partial charge in [0.15, 0.2) is 0 Å². The molecule has 20 heavy (non-hydrogen) atoms. The van der Waals surface area contributed by atoms with E-state index in [0.717, 1.165) is 17.8 Å². The molecule has 2 rings (SSSR count). The largest absolute Gasteiger partial charge is 0.480 e. The average molecular weight is 296 g/mol. The van der Waals surface area contributed by atoms with Crippen LogP contribution < -0.4 is 0 Å². The van der Waals surface area contributed by atoms with Crippen molar-refractivity contribution in [3.8, 4) is 0 Å². The van der Waals surface area contributed by atoms with Gasteiger partial charge in [0.1, 0.15) is 10.9 Å². The summed E-state index contributed by atoms with van der Waals surface area (Å²) in [6.45, 7) is 6.40. The van der Waals surface area contributed by atoms with Crippen LogP contribution in [0.2, 0.25) is 0 Å². The smallest absolute Gasteiger partial charge is 0.326 e. The standard InChI is InChI=1S/C14H20N2O3S/c1-8(2)12-15-9(3)11(20-12)13(17)16-7-5-4-6-10(16)14(18)19/h8,10H,4-7H2,1-3H3,(H,18,19). The monoisotopic (exact) mass is 296 g/mol. The number of piperidine rings is 1. The topological polar surface area (TPSA) is 70.5 Å². The second-order valence-corrected chi connectivity index (χ2v) is 6.50. The second kappa shape index (κ2) is 5.91. The first-order valence-corrected chi connectivity index (χ1v) is 7.74. The molecule has 0 bridgehead atoms. The molecule has 1 unspecified atom stereocenters. The van der Waals surface area contributed by atoms with Crippen LogP contribution in [0.5, 0.6) is 0 Å². The number of aromatic nitrogens is 1. The number of hydrogen-bond donors (Lipinski definition) is 1. The summed E-state index contributed by atoms with van der Waals surface area (Å²) < 4.78 is 0. The molecule has 1 saturated heterocycles. The third-order valence-corrected chi connectivity index (χ3v) is 5.00. The van der Waals surface area contributed by atoms with Gasteiger partial charge in [-0.25, -0.2) is 9.78 Å². The lowest BCUT2D eigenvalue weighted by atomic mass is 10.0. The van der Waals surface area contributed by atoms with Gasteiger partial charge in [0.25, 0.3) is 5.91 Å². The minimum absolute atomic E-state index is 0.181. The Labute approximate surface area is 122 Å². The Morgan fingerprint density at radius 3 is 2.65 bits per heavy atom. The summed E-state index contributed by atoms with van der Waals surface area (Å²) >= 11 is 1.39. The van der Waals surface area contributed by atoms with Crippen LogP contribution >= 0.6 is 11.3 Å². The number of likely N-dealkylation sites (tertiary alicyclic amines) is 1. The van der Waals surface area contributed by atoms with Crippen LogP contribution in [0.3, 0.4) is 0 Å². The summed E-state index contributed by atoms with van der Waals surface area (Å²) in [6.07, 6.45) is 2.26. The highest BCUT2D eigenvalue weighted by atomic mass is 32.1. The first kappa shape index (κ1) is 15.0. The molecule has 1 aromatic heterocycles. The molecule has 0 saturated carbocycles. The minimum atomic E-state index is -0.913. The summed E-state index contributed by atoms with van der Waals surface area (Å²) in [6, 6.07) is -0.694. The minimum Gasteiger partial charge on any atom is -0.480 e. The fourth-order valence-corrected chi connectivity index (χ4v) is 3.45. The Hall–Kier alpha value is -1.43. The van der Waals surface area contributed by atoms with Crippen molar-refractivity contribution in [2.45, 2.75) is 52.0 Å². The van der Waals surface area contributed by atoms with Gasteiger partial charge in [0.05, 0.1) is 10.7 Å². The number of carboxylic acids is 1. The van der Waals surface area contributed by atoms with E-state index in [4.69, 9.17) is 0 Å². The molecule has 0 aromatic carbocycles. The lowest BCUT2D eigenvalue weighted by Gasteiger charge is -2.32. The molecule has 1 amide bonds. The third-order valence-electron chi connectivity index (χ3n) is 3.55. The number of carbonyl (C=O) groups excluding carboxylic acids is 1. The van der Waals surface area contributed by atoms with Crippen LogP contribution in [-0.2, 0) is 4.79 Å². The molecule has 110 valence electrons. The molecule has 1 atom stereocenters. The predicted molar refractivity (Wildman–Crippen MR) is 77.3 cm³/mol. The summed E-state index contributed by atoms with van der Waals surface area (Å²) in [5.41, 5.74) is 0.707. The Kier molecular flexibility index (Phi) is 4.42. The molecular weight excluding hydrogens is 276 g/mol. The predicted octanol–water partition coefficient (Wildman–Crippen LogP) is 2.65. The third kappa shape index (κ3) is 2.85. The number of thiazole rings is 1. The van der Waals surface area contributed by atoms with Gasteiger partial charge in [-0.2, -0.15) is 0 Å². The number of hydrogen-bond acceptors (Lipinski definition) is 4. The summed E-state index contributed by atoms with van der Waals surface area (Å²) in [5, 5.41) is 10.2. The van der Waals surface area contributed by atoms with Gasteiger partial charge >= 0.3 is 5.97 Å². The van der Waals surface area contributed by atoms with Crippen LogP contribution in [0.4, 0.5) is 0 Å². The summed E-state index contributed by atoms with van der Waals surface area (Å²) in [5.74, 6) is -0.819. The van der Waals surface area contributed by atoms with Gasteiger partial charge in [-0.15, -0.1) is 11.3 Å². The van der Waals surface area contributed by atoms with Crippen molar-refractivity contribution in [2.75, 3.05) is 6.54 Å². The highest BCUT2D eigenvalue weighted by molar-refractivity contribution is 7.13. The van der Waals surface area contributed by atoms with Gasteiger partial charge in [-0.3, -0.25) is 4.79 Å². The van der Waals surface area contributed by atoms with E-state index < -0.39 is 12.0 Å². The van der Waals surface area contributed by atoms with Crippen LogP contribution in [0, 0.1) is 6.92 Å². The van der Waals surface area contributed by atoms with Gasteiger partial charge in [-0.05, 0) is 26.2 Å². The Morgan fingerprint density at radius 2 is 2.10 bits per heavy atom. The van der Waals surface area contributed by atoms with E-state index in [9.17, 15) is 14.7 Å². The average Bonchev–Trinajstić information content (AvgIpc) is 2.80. The van der Waals surface area contributed by atoms with Gasteiger partial charge < -0.3 is 10.0 Å². The van der Waals surface area contributed by atoms with E-state index >= 15 is 0 Å². The van der Waals surface area contributed by atoms with E-state index in [2.05, 4.69) is 4.98 Å². The molecule has 5 nitrogen and oxygen atoms in total. The Balaban J connectivity index is 2.27. The lowest BCUT2D eigenvalue weighted by Crippen LogP contribution is -2.47. The zero-order valence-electron chi connectivity index (χ0n) is 12.0. The maximum Gasteiger partial charge on any atom is 0.326 e. The van der Waals surface area contributed by atoms with Crippen LogP contribution in [0.1, 0.15) is 59.4 Å². The van der Waals surface area contributed by atoms with E-state index in [1.54, 1.807) is 0 Å². The van der Waals surface area contributed by atoms with Crippen molar-refractivity contribution in [3.63, 3.8) is 0 Å². The van der Waals surface area contributed by atoms with Crippen LogP contribution in [0.25, 0.3) is 0 Å². The van der Waals surface area contributed by atoms with E-state index in [1.807, 2.05) is 20.8 Å². The molecule has 6 heteroatoms. The number of nitrogens with zero attached hydrogens (tertiary/aromatic N) is 2. The second-order valence-electron chi connectivity index (χ2n) is 5.47. The number of carboxylic acid groups (broad SMARTS) is 1. The summed E-state index contributed by atoms with van der Waals surface area (Å²) in [4.78, 5) is 30.4. The van der Waals surface area contributed by atoms with Gasteiger partial charge in [0, 0.05) is 12.5 Å². The molecule has 0 aliphatic carbocycles. The van der Waals surface area contributed by atoms with Crippen molar-refractivity contribution >= 4 is 23.2 Å². The number of carbonyl (C=O) groups is 2. The molecule has 1 N–H and O–H groups in total. The number of rotatable bonds is 3. The molecule has 1 aliphatic rings. The van der Waals surface area contributed by atoms with E-state index in [-0.39, 0.29) is 11.8 Å². The zero-order chi connectivity index (χ0) is 14.9. The first-order valence-electron chi connectivity index (χ1n) is 6.93. The lowest BCUT2D eigenvalue weighted by molar-refractivity contribution is -0.143. The maximum absolute atomic E-state index is 12.6. The molecule has 0 radical (unpaired) electrons. The fourth-order valence-electron chi connectivity index (χ4n) is 2.42. The van der Waals surface area contributed by atoms with Crippen LogP contribution in [0.15, 0.2) is 0 Å². The Bertz CT molecular complexity index is 524. The highest BCUT2D eigenvalue weighted by Gasteiger charge is 2.34. The number of amides is 1. The van der Waals surface area contributed by atoms with Gasteiger partial charge in [0.2, 0.25) is 0 Å². The maximum atomic E-state index is 12.6. The van der Waals surface area contributed by atoms with Crippen molar-refractivity contribution in [3.05, 3.63) is 15.6 Å². The summed E-state index contributed by atoms with van der Waals surface area (Å²) in [7, 11) is 0. The number of aliphatic carboxylic acids is 1. The van der Waals surface area contributed by atoms with E-state index in [1.165, 1.54) is 16.2 Å². The quantitative estimate of drug-likeness (QED) is 0.931. The zero-order valence-corrected chi connectivity index (χ0v) is 12.9. The molecular formula is C14H20N2O3S. The van der Waals surface area contributed by atoms with Crippen molar-refractivity contribution in [1.29, 1.82) is 0 Å².